The lowest BCUT2D eigenvalue weighted by Gasteiger charge is -1.84. The lowest BCUT2D eigenvalue weighted by Crippen LogP contribution is -2.11. The van der Waals surface area contributed by atoms with Crippen molar-refractivity contribution in [2.24, 2.45) is 11.6 Å². The van der Waals surface area contributed by atoms with Crippen LogP contribution in [0.3, 0.4) is 0 Å². The van der Waals surface area contributed by atoms with Gasteiger partial charge in [-0.3, -0.25) is 0 Å². The first-order valence-electron chi connectivity index (χ1n) is 1.43. The molecule has 3 nitrogen and oxygen atoms in total. The average molecular weight is 76.1 g/mol. The van der Waals surface area contributed by atoms with E-state index in [9.17, 15) is 0 Å². The summed E-state index contributed by atoms with van der Waals surface area (Å²) < 4.78 is 0. The quantitative estimate of drug-likeness (QED) is 0.408. The lowest BCUT2D eigenvalue weighted by atomic mass is 10.8. The van der Waals surface area contributed by atoms with E-state index in [0.717, 1.165) is 0 Å². The highest BCUT2D eigenvalue weighted by Crippen LogP contribution is 1.47. The highest BCUT2D eigenvalue weighted by molar-refractivity contribution is 4.21. The molecule has 0 fully saturated rings. The van der Waals surface area contributed by atoms with E-state index >= 15 is 0 Å². The number of nitrogens with two attached hydrogens (primary N) is 2. The maximum absolute atomic E-state index is 4.93. The van der Waals surface area contributed by atoms with Crippen molar-refractivity contribution in [2.75, 3.05) is 13.2 Å². The van der Waals surface area contributed by atoms with Gasteiger partial charge >= 0.3 is 0 Å². The third-order valence-electron chi connectivity index (χ3n) is 0.236. The third kappa shape index (κ3) is 3.88. The van der Waals surface area contributed by atoms with Crippen molar-refractivity contribution in [1.82, 2.24) is 0 Å². The van der Waals surface area contributed by atoms with Gasteiger partial charge in [-0.1, -0.05) is 0 Å². The van der Waals surface area contributed by atoms with Crippen LogP contribution in [0.25, 0.3) is 0 Å². The molecule has 0 rings (SSSR count). The zero-order valence-corrected chi connectivity index (χ0v) is 2.98. The summed E-state index contributed by atoms with van der Waals surface area (Å²) in [6, 6.07) is 0. The van der Waals surface area contributed by atoms with Crippen LogP contribution < -0.4 is 11.6 Å². The van der Waals surface area contributed by atoms with Crippen LogP contribution in [0.15, 0.2) is 0 Å². The van der Waals surface area contributed by atoms with Gasteiger partial charge in [-0.15, -0.1) is 0 Å². The molecule has 5 heavy (non-hydrogen) atoms. The largest absolute Gasteiger partial charge is 0.328 e. The Hall–Kier alpha value is -0.120. The maximum Gasteiger partial charge on any atom is 0.0801 e. The van der Waals surface area contributed by atoms with Crippen molar-refractivity contribution >= 4 is 0 Å². The van der Waals surface area contributed by atoms with Crippen LogP contribution >= 0.6 is 0 Å². The molecule has 3 heteroatoms. The molecule has 0 radical (unpaired) electrons. The van der Waals surface area contributed by atoms with Gasteiger partial charge in [-0.25, -0.2) is 5.90 Å². The van der Waals surface area contributed by atoms with Crippen LogP contribution in [-0.4, -0.2) is 13.2 Å². The fourth-order valence-electron chi connectivity index (χ4n) is 0.0680. The van der Waals surface area contributed by atoms with Gasteiger partial charge in [0.05, 0.1) is 6.61 Å². The van der Waals surface area contributed by atoms with Crippen LogP contribution in [0, 0.1) is 0 Å². The minimum atomic E-state index is 0.444. The fourth-order valence-corrected chi connectivity index (χ4v) is 0.0680. The van der Waals surface area contributed by atoms with E-state index in [0.29, 0.717) is 13.2 Å². The molecule has 0 spiro atoms. The van der Waals surface area contributed by atoms with E-state index in [1.54, 1.807) is 0 Å². The van der Waals surface area contributed by atoms with E-state index < -0.39 is 0 Å². The van der Waals surface area contributed by atoms with Crippen LogP contribution in [0.2, 0.25) is 0 Å². The van der Waals surface area contributed by atoms with Gasteiger partial charge in [-0.05, 0) is 0 Å². The maximum atomic E-state index is 4.93. The number of hydrogen-bond acceptors (Lipinski definition) is 3. The van der Waals surface area contributed by atoms with Gasteiger partial charge < -0.3 is 10.6 Å². The van der Waals surface area contributed by atoms with E-state index in [1.165, 1.54) is 0 Å². The molecule has 0 unspecified atom stereocenters. The first kappa shape index (κ1) is 4.88. The molecular formula is C2H8N2O. The van der Waals surface area contributed by atoms with Crippen LogP contribution in [0.5, 0.6) is 0 Å². The second-order valence-corrected chi connectivity index (χ2v) is 0.659. The summed E-state index contributed by atoms with van der Waals surface area (Å²) in [5.41, 5.74) is 4.93. The molecule has 0 aromatic rings. The monoisotopic (exact) mass is 76.1 g/mol. The molecule has 4 N–H and O–H groups in total. The Labute approximate surface area is 30.9 Å². The van der Waals surface area contributed by atoms with Crippen LogP contribution in [0.1, 0.15) is 0 Å². The Kier molecular flexibility index (Phi) is 3.79. The summed E-state index contributed by atoms with van der Waals surface area (Å²) in [7, 11) is 0. The van der Waals surface area contributed by atoms with Gasteiger partial charge in [0, 0.05) is 6.54 Å². The van der Waals surface area contributed by atoms with Gasteiger partial charge in [0.25, 0.3) is 0 Å². The first-order chi connectivity index (χ1) is 2.41. The zero-order chi connectivity index (χ0) is 4.12. The molecule has 0 bridgehead atoms. The number of hydrogen-bond donors (Lipinski definition) is 2. The fraction of sp³-hybridized carbons (Fsp3) is 1.00. The molecular weight excluding hydrogens is 68.0 g/mol. The smallest absolute Gasteiger partial charge is 0.0801 e. The van der Waals surface area contributed by atoms with Crippen molar-refractivity contribution in [1.29, 1.82) is 0 Å². The van der Waals surface area contributed by atoms with Gasteiger partial charge in [-0.2, -0.15) is 0 Å². The average Bonchev–Trinajstić information content (AvgIpc) is 1.41. The minimum absolute atomic E-state index is 0.444. The van der Waals surface area contributed by atoms with Gasteiger partial charge in [0.15, 0.2) is 0 Å². The van der Waals surface area contributed by atoms with Crippen molar-refractivity contribution in [3.8, 4) is 0 Å². The molecule has 0 atom stereocenters. The molecule has 0 aliphatic carbocycles. The summed E-state index contributed by atoms with van der Waals surface area (Å²) in [5.74, 6) is 4.56. The van der Waals surface area contributed by atoms with Gasteiger partial charge in [0.2, 0.25) is 0 Å². The van der Waals surface area contributed by atoms with Crippen molar-refractivity contribution in [3.05, 3.63) is 0 Å². The molecule has 32 valence electrons. The summed E-state index contributed by atoms with van der Waals surface area (Å²) >= 11 is 0. The molecule has 0 aliphatic rings. The predicted molar refractivity (Wildman–Crippen MR) is 19.2 cm³/mol. The standard InChI is InChI=1S/C2H8N2O/c3-1-2-5-4/h1-4H2. The number of rotatable bonds is 2. The predicted octanol–water partition coefficient (Wildman–Crippen LogP) is -1.16. The Balaban J connectivity index is 2.19. The molecule has 0 aliphatic heterocycles. The minimum Gasteiger partial charge on any atom is -0.328 e. The molecule has 0 aromatic heterocycles. The van der Waals surface area contributed by atoms with E-state index in [1.807, 2.05) is 0 Å². The Morgan fingerprint density at radius 3 is 2.20 bits per heavy atom. The summed E-state index contributed by atoms with van der Waals surface area (Å²) in [5, 5.41) is 0. The molecule has 0 heterocycles. The Bertz CT molecular complexity index is 15.1. The molecule has 0 aromatic carbocycles. The van der Waals surface area contributed by atoms with E-state index in [-0.39, 0.29) is 0 Å². The van der Waals surface area contributed by atoms with Crippen molar-refractivity contribution < 1.29 is 4.84 Å². The topological polar surface area (TPSA) is 61.3 Å². The van der Waals surface area contributed by atoms with Crippen LogP contribution in [-0.2, 0) is 4.84 Å². The van der Waals surface area contributed by atoms with Crippen molar-refractivity contribution in [3.63, 3.8) is 0 Å². The second kappa shape index (κ2) is 3.88. The molecule has 0 saturated carbocycles. The Morgan fingerprint density at radius 2 is 2.20 bits per heavy atom. The Morgan fingerprint density at radius 1 is 1.60 bits per heavy atom. The highest BCUT2D eigenvalue weighted by atomic mass is 16.6. The SMILES string of the molecule is NCCON. The zero-order valence-electron chi connectivity index (χ0n) is 2.98. The summed E-state index contributed by atoms with van der Waals surface area (Å²) in [6.07, 6.45) is 0. The lowest BCUT2D eigenvalue weighted by molar-refractivity contribution is 0.146. The van der Waals surface area contributed by atoms with Gasteiger partial charge in [0.1, 0.15) is 0 Å². The van der Waals surface area contributed by atoms with E-state index in [4.69, 9.17) is 5.73 Å². The van der Waals surface area contributed by atoms with E-state index in [2.05, 4.69) is 10.7 Å². The summed E-state index contributed by atoms with van der Waals surface area (Å²) in [6.45, 7) is 0.941. The molecule has 0 amide bonds. The van der Waals surface area contributed by atoms with Crippen molar-refractivity contribution in [2.45, 2.75) is 0 Å². The van der Waals surface area contributed by atoms with Crippen LogP contribution in [0.4, 0.5) is 0 Å². The highest BCUT2D eigenvalue weighted by Gasteiger charge is 1.66. The summed E-state index contributed by atoms with van der Waals surface area (Å²) in [4.78, 5) is 4.07. The first-order valence-corrected chi connectivity index (χ1v) is 1.43. The molecule has 0 saturated heterocycles. The second-order valence-electron chi connectivity index (χ2n) is 0.659. The normalized spacial score (nSPS) is 8.40. The third-order valence-corrected chi connectivity index (χ3v) is 0.236.